The molecule has 23 heavy (non-hydrogen) atoms. The van der Waals surface area contributed by atoms with Crippen LogP contribution in [0.3, 0.4) is 0 Å². The number of nitrogens with one attached hydrogen (secondary N) is 1. The van der Waals surface area contributed by atoms with Crippen LogP contribution in [0.15, 0.2) is 17.6 Å². The van der Waals surface area contributed by atoms with Crippen LogP contribution in [0.25, 0.3) is 6.08 Å². The first kappa shape index (κ1) is 18.7. The van der Waals surface area contributed by atoms with Gasteiger partial charge in [0, 0.05) is 12.1 Å². The summed E-state index contributed by atoms with van der Waals surface area (Å²) in [6, 6.07) is 2.47. The Bertz CT molecular complexity index is 596. The molecule has 1 aliphatic heterocycles. The molecule has 126 valence electrons. The maximum Gasteiger partial charge on any atom is 0.491 e. The molecule has 1 aliphatic rings. The van der Waals surface area contributed by atoms with Crippen molar-refractivity contribution >= 4 is 36.4 Å². The lowest BCUT2D eigenvalue weighted by molar-refractivity contribution is 0.00578. The van der Waals surface area contributed by atoms with Crippen LogP contribution in [-0.4, -0.2) is 31.9 Å². The van der Waals surface area contributed by atoms with E-state index < -0.39 is 24.1 Å². The van der Waals surface area contributed by atoms with Crippen LogP contribution < -0.4 is 5.32 Å². The fourth-order valence-electron chi connectivity index (χ4n) is 2.28. The fraction of sp³-hybridized carbons (Fsp3) is 0.500. The molecular weight excluding hydrogens is 339 g/mol. The van der Waals surface area contributed by atoms with E-state index >= 15 is 0 Å². The second-order valence-electron chi connectivity index (χ2n) is 6.62. The van der Waals surface area contributed by atoms with Crippen molar-refractivity contribution in [2.75, 3.05) is 13.6 Å². The van der Waals surface area contributed by atoms with E-state index in [1.807, 2.05) is 34.7 Å². The van der Waals surface area contributed by atoms with Gasteiger partial charge in [-0.1, -0.05) is 29.3 Å². The Labute approximate surface area is 147 Å². The lowest BCUT2D eigenvalue weighted by Gasteiger charge is -2.32. The predicted octanol–water partition coefficient (Wildman–Crippen LogP) is 4.37. The predicted molar refractivity (Wildman–Crippen MR) is 94.4 cm³/mol. The van der Waals surface area contributed by atoms with Crippen molar-refractivity contribution < 1.29 is 13.7 Å². The summed E-state index contributed by atoms with van der Waals surface area (Å²) >= 11 is 12.3. The van der Waals surface area contributed by atoms with Crippen molar-refractivity contribution in [1.82, 2.24) is 5.32 Å². The van der Waals surface area contributed by atoms with Crippen LogP contribution in [0.4, 0.5) is 4.39 Å². The molecule has 1 aromatic carbocycles. The lowest BCUT2D eigenvalue weighted by Crippen LogP contribution is -2.41. The highest BCUT2D eigenvalue weighted by atomic mass is 35.5. The van der Waals surface area contributed by atoms with Crippen LogP contribution in [0.5, 0.6) is 0 Å². The first-order valence-electron chi connectivity index (χ1n) is 7.42. The van der Waals surface area contributed by atoms with E-state index in [1.54, 1.807) is 6.08 Å². The summed E-state index contributed by atoms with van der Waals surface area (Å²) in [5.74, 6) is -0.469. The quantitative estimate of drug-likeness (QED) is 0.810. The molecule has 1 N–H and O–H groups in total. The van der Waals surface area contributed by atoms with Crippen LogP contribution in [0.1, 0.15) is 33.3 Å². The molecule has 1 fully saturated rings. The smallest absolute Gasteiger partial charge is 0.400 e. The molecule has 0 radical (unpaired) electrons. The van der Waals surface area contributed by atoms with E-state index in [9.17, 15) is 4.39 Å². The molecule has 0 atom stereocenters. The van der Waals surface area contributed by atoms with Gasteiger partial charge in [0.1, 0.15) is 5.82 Å². The van der Waals surface area contributed by atoms with Crippen molar-refractivity contribution in [3.05, 3.63) is 39.0 Å². The Hall–Kier alpha value is -0.585. The van der Waals surface area contributed by atoms with Gasteiger partial charge in [0.15, 0.2) is 0 Å². The van der Waals surface area contributed by atoms with Crippen LogP contribution >= 0.6 is 23.2 Å². The number of hydrogen-bond acceptors (Lipinski definition) is 3. The highest BCUT2D eigenvalue weighted by Crippen LogP contribution is 2.39. The topological polar surface area (TPSA) is 30.5 Å². The van der Waals surface area contributed by atoms with Crippen molar-refractivity contribution in [3.63, 3.8) is 0 Å². The highest BCUT2D eigenvalue weighted by Gasteiger charge is 2.52. The zero-order chi connectivity index (χ0) is 17.4. The average molecular weight is 360 g/mol. The van der Waals surface area contributed by atoms with E-state index in [0.29, 0.717) is 12.1 Å². The normalized spacial score (nSPS) is 20.2. The average Bonchev–Trinajstić information content (AvgIpc) is 2.61. The monoisotopic (exact) mass is 359 g/mol. The zero-order valence-electron chi connectivity index (χ0n) is 14.0. The molecular formula is C16H21BCl2FNO2. The number of hydrogen-bond donors (Lipinski definition) is 1. The standard InChI is InChI=1S/C16H21BCl2FNO2/c1-15(2)16(3,4)23-17(22-15)10(9-21-5)6-12-13(18)7-11(20)8-14(12)19/h6-8,21H,9H2,1-5H3. The summed E-state index contributed by atoms with van der Waals surface area (Å²) in [4.78, 5) is 0. The van der Waals surface area contributed by atoms with E-state index in [4.69, 9.17) is 32.5 Å². The largest absolute Gasteiger partial charge is 0.491 e. The Morgan fingerprint density at radius 3 is 2.09 bits per heavy atom. The van der Waals surface area contributed by atoms with E-state index in [0.717, 1.165) is 5.47 Å². The van der Waals surface area contributed by atoms with E-state index in [-0.39, 0.29) is 10.0 Å². The Balaban J connectivity index is 2.41. The summed E-state index contributed by atoms with van der Waals surface area (Å²) in [6.07, 6.45) is 1.79. The van der Waals surface area contributed by atoms with Crippen LogP contribution in [-0.2, 0) is 9.31 Å². The van der Waals surface area contributed by atoms with Gasteiger partial charge in [-0.15, -0.1) is 0 Å². The molecule has 0 saturated carbocycles. The van der Waals surface area contributed by atoms with Crippen LogP contribution in [0, 0.1) is 5.82 Å². The van der Waals surface area contributed by atoms with Crippen molar-refractivity contribution in [3.8, 4) is 0 Å². The molecule has 3 nitrogen and oxygen atoms in total. The Kier molecular flexibility index (Phi) is 5.49. The summed E-state index contributed by atoms with van der Waals surface area (Å²) < 4.78 is 25.5. The van der Waals surface area contributed by atoms with E-state index in [2.05, 4.69) is 5.32 Å². The summed E-state index contributed by atoms with van der Waals surface area (Å²) in [6.45, 7) is 8.48. The summed E-state index contributed by atoms with van der Waals surface area (Å²) in [5, 5.41) is 3.58. The van der Waals surface area contributed by atoms with Gasteiger partial charge >= 0.3 is 7.12 Å². The van der Waals surface area contributed by atoms with Crippen molar-refractivity contribution in [1.29, 1.82) is 0 Å². The summed E-state index contributed by atoms with van der Waals surface area (Å²) in [5.41, 5.74) is 0.498. The molecule has 2 rings (SSSR count). The minimum absolute atomic E-state index is 0.250. The fourth-order valence-corrected chi connectivity index (χ4v) is 2.85. The third kappa shape index (κ3) is 3.91. The maximum atomic E-state index is 13.3. The zero-order valence-corrected chi connectivity index (χ0v) is 15.5. The minimum Gasteiger partial charge on any atom is -0.400 e. The molecule has 0 spiro atoms. The van der Waals surface area contributed by atoms with Gasteiger partial charge in [0.2, 0.25) is 0 Å². The minimum atomic E-state index is -0.523. The van der Waals surface area contributed by atoms with E-state index in [1.165, 1.54) is 12.1 Å². The number of likely N-dealkylation sites (N-methyl/N-ethyl adjacent to an activating group) is 1. The third-order valence-corrected chi connectivity index (χ3v) is 4.94. The highest BCUT2D eigenvalue weighted by molar-refractivity contribution is 6.56. The van der Waals surface area contributed by atoms with Gasteiger partial charge in [-0.3, -0.25) is 0 Å². The number of rotatable bonds is 4. The first-order valence-corrected chi connectivity index (χ1v) is 8.18. The molecule has 0 bridgehead atoms. The molecule has 1 heterocycles. The Morgan fingerprint density at radius 1 is 1.17 bits per heavy atom. The van der Waals surface area contributed by atoms with Gasteiger partial charge in [0.05, 0.1) is 21.2 Å². The molecule has 0 amide bonds. The van der Waals surface area contributed by atoms with Gasteiger partial charge in [-0.2, -0.15) is 0 Å². The third-order valence-electron chi connectivity index (χ3n) is 4.31. The first-order chi connectivity index (χ1) is 10.6. The Morgan fingerprint density at radius 2 is 1.65 bits per heavy atom. The second kappa shape index (κ2) is 6.73. The molecule has 0 aromatic heterocycles. The lowest BCUT2D eigenvalue weighted by atomic mass is 9.77. The van der Waals surface area contributed by atoms with Crippen molar-refractivity contribution in [2.45, 2.75) is 38.9 Å². The maximum absolute atomic E-state index is 13.3. The SMILES string of the molecule is CNCC(=Cc1c(Cl)cc(F)cc1Cl)B1OC(C)(C)C(C)(C)O1. The molecule has 1 aromatic rings. The van der Waals surface area contributed by atoms with Gasteiger partial charge in [0.25, 0.3) is 0 Å². The molecule has 0 aliphatic carbocycles. The molecule has 0 unspecified atom stereocenters. The number of benzene rings is 1. The number of halogens is 3. The summed E-state index contributed by atoms with van der Waals surface area (Å²) in [7, 11) is 1.30. The van der Waals surface area contributed by atoms with Gasteiger partial charge in [-0.05, 0) is 52.3 Å². The van der Waals surface area contributed by atoms with Gasteiger partial charge in [-0.25, -0.2) is 4.39 Å². The molecule has 7 heteroatoms. The second-order valence-corrected chi connectivity index (χ2v) is 7.44. The molecule has 1 saturated heterocycles. The van der Waals surface area contributed by atoms with Crippen molar-refractivity contribution in [2.24, 2.45) is 0 Å². The van der Waals surface area contributed by atoms with Crippen LogP contribution in [0.2, 0.25) is 10.0 Å². The van der Waals surface area contributed by atoms with Gasteiger partial charge < -0.3 is 14.6 Å².